The van der Waals surface area contributed by atoms with Gasteiger partial charge in [-0.05, 0) is 6.42 Å². The summed E-state index contributed by atoms with van der Waals surface area (Å²) in [5.74, 6) is -0.203. The van der Waals surface area contributed by atoms with Crippen LogP contribution in [-0.2, 0) is 9.53 Å². The highest BCUT2D eigenvalue weighted by Gasteiger charge is 1.91. The molecule has 2 heteroatoms. The number of methoxy groups -OCH3 is 1. The molecule has 0 fully saturated rings. The maximum atomic E-state index is 10.5. The van der Waals surface area contributed by atoms with E-state index >= 15 is 0 Å². The third kappa shape index (κ3) is 6.84. The summed E-state index contributed by atoms with van der Waals surface area (Å²) in [4.78, 5) is 10.5. The lowest BCUT2D eigenvalue weighted by Crippen LogP contribution is -1.96. The van der Waals surface area contributed by atoms with E-state index in [-0.39, 0.29) is 5.97 Å². The predicted octanol–water partition coefficient (Wildman–Crippen LogP) is 2.07. The number of rotatable bonds is 4. The minimum absolute atomic E-state index is 0.203. The monoisotopic (exact) mass is 154 g/mol. The van der Waals surface area contributed by atoms with Crippen LogP contribution in [-0.4, -0.2) is 13.1 Å². The molecule has 0 aromatic carbocycles. The van der Waals surface area contributed by atoms with Gasteiger partial charge >= 0.3 is 5.97 Å². The van der Waals surface area contributed by atoms with E-state index in [2.05, 4.69) is 11.7 Å². The average molecular weight is 154 g/mol. The molecule has 0 aliphatic heterocycles. The van der Waals surface area contributed by atoms with Gasteiger partial charge < -0.3 is 4.74 Å². The summed E-state index contributed by atoms with van der Waals surface area (Å²) >= 11 is 0. The molecule has 0 aliphatic carbocycles. The minimum atomic E-state index is -0.203. The Morgan fingerprint density at radius 1 is 1.36 bits per heavy atom. The van der Waals surface area contributed by atoms with E-state index in [0.29, 0.717) is 6.42 Å². The van der Waals surface area contributed by atoms with E-state index in [0.717, 1.165) is 6.42 Å². The molecule has 0 amide bonds. The van der Waals surface area contributed by atoms with Gasteiger partial charge in [-0.15, -0.1) is 0 Å². The third-order valence-electron chi connectivity index (χ3n) is 1.13. The average Bonchev–Trinajstić information content (AvgIpc) is 2.04. The van der Waals surface area contributed by atoms with Gasteiger partial charge in [0.2, 0.25) is 0 Å². The highest BCUT2D eigenvalue weighted by atomic mass is 16.5. The molecule has 0 N–H and O–H groups in total. The molecular weight excluding hydrogens is 140 g/mol. The topological polar surface area (TPSA) is 26.3 Å². The van der Waals surface area contributed by atoms with Crippen molar-refractivity contribution in [2.75, 3.05) is 7.11 Å². The van der Waals surface area contributed by atoms with Crippen LogP contribution in [0, 0.1) is 0 Å². The summed E-state index contributed by atoms with van der Waals surface area (Å²) in [5, 5.41) is 0. The van der Waals surface area contributed by atoms with Gasteiger partial charge in [0.1, 0.15) is 0 Å². The van der Waals surface area contributed by atoms with Crippen molar-refractivity contribution in [1.82, 2.24) is 0 Å². The predicted molar refractivity (Wildman–Crippen MR) is 45.2 cm³/mol. The Morgan fingerprint density at radius 3 is 2.55 bits per heavy atom. The molecule has 0 radical (unpaired) electrons. The summed E-state index contributed by atoms with van der Waals surface area (Å²) in [6, 6.07) is 0. The first kappa shape index (κ1) is 9.95. The van der Waals surface area contributed by atoms with E-state index in [4.69, 9.17) is 0 Å². The van der Waals surface area contributed by atoms with Crippen molar-refractivity contribution >= 4 is 5.97 Å². The van der Waals surface area contributed by atoms with Crippen molar-refractivity contribution in [3.8, 4) is 0 Å². The number of ether oxygens (including phenoxy) is 1. The molecule has 0 bridgehead atoms. The van der Waals surface area contributed by atoms with Gasteiger partial charge in [-0.1, -0.05) is 31.2 Å². The second kappa shape index (κ2) is 7.06. The Hall–Kier alpha value is -1.05. The summed E-state index contributed by atoms with van der Waals surface area (Å²) in [7, 11) is 1.39. The van der Waals surface area contributed by atoms with Crippen molar-refractivity contribution in [3.63, 3.8) is 0 Å². The van der Waals surface area contributed by atoms with Crippen LogP contribution in [0.2, 0.25) is 0 Å². The maximum Gasteiger partial charge on any atom is 0.309 e. The van der Waals surface area contributed by atoms with Crippen LogP contribution < -0.4 is 0 Å². The number of carbonyl (C=O) groups excluding carboxylic acids is 1. The lowest BCUT2D eigenvalue weighted by Gasteiger charge is -1.89. The lowest BCUT2D eigenvalue weighted by atomic mass is 10.3. The Balaban J connectivity index is 3.44. The molecule has 0 atom stereocenters. The second-order valence-electron chi connectivity index (χ2n) is 2.04. The van der Waals surface area contributed by atoms with Crippen LogP contribution in [0.4, 0.5) is 0 Å². The number of carbonyl (C=O) groups is 1. The minimum Gasteiger partial charge on any atom is -0.469 e. The van der Waals surface area contributed by atoms with Crippen molar-refractivity contribution in [2.24, 2.45) is 0 Å². The number of esters is 1. The first-order valence-corrected chi connectivity index (χ1v) is 3.69. The summed E-state index contributed by atoms with van der Waals surface area (Å²) < 4.78 is 4.44. The number of hydrogen-bond donors (Lipinski definition) is 0. The van der Waals surface area contributed by atoms with E-state index in [1.54, 1.807) is 6.08 Å². The molecule has 0 spiro atoms. The van der Waals surface area contributed by atoms with Gasteiger partial charge in [0, 0.05) is 0 Å². The molecule has 0 aromatic heterocycles. The Bertz CT molecular complexity index is 157. The van der Waals surface area contributed by atoms with Gasteiger partial charge in [-0.2, -0.15) is 0 Å². The molecule has 62 valence electrons. The van der Waals surface area contributed by atoms with Gasteiger partial charge in [0.25, 0.3) is 0 Å². The first-order chi connectivity index (χ1) is 5.31. The van der Waals surface area contributed by atoms with Crippen LogP contribution >= 0.6 is 0 Å². The summed E-state index contributed by atoms with van der Waals surface area (Å²) in [6.45, 7) is 2.06. The lowest BCUT2D eigenvalue weighted by molar-refractivity contribution is -0.139. The fourth-order valence-electron chi connectivity index (χ4n) is 0.541. The SMILES string of the molecule is CCC=CC=CCC(=O)OC. The van der Waals surface area contributed by atoms with E-state index in [1.165, 1.54) is 7.11 Å². The molecule has 0 saturated carbocycles. The molecule has 0 rings (SSSR count). The molecular formula is C9H14O2. The summed E-state index contributed by atoms with van der Waals surface area (Å²) in [5.41, 5.74) is 0. The fraction of sp³-hybridized carbons (Fsp3) is 0.444. The van der Waals surface area contributed by atoms with Crippen LogP contribution in [0.3, 0.4) is 0 Å². The maximum absolute atomic E-state index is 10.5. The van der Waals surface area contributed by atoms with Gasteiger partial charge in [0.05, 0.1) is 13.5 Å². The number of hydrogen-bond acceptors (Lipinski definition) is 2. The molecule has 0 aromatic rings. The number of allylic oxidation sites excluding steroid dienone is 3. The van der Waals surface area contributed by atoms with E-state index in [9.17, 15) is 4.79 Å². The Kier molecular flexibility index (Phi) is 6.39. The third-order valence-corrected chi connectivity index (χ3v) is 1.13. The smallest absolute Gasteiger partial charge is 0.309 e. The molecule has 11 heavy (non-hydrogen) atoms. The van der Waals surface area contributed by atoms with Gasteiger partial charge in [-0.25, -0.2) is 0 Å². The van der Waals surface area contributed by atoms with Crippen LogP contribution in [0.15, 0.2) is 24.3 Å². The first-order valence-electron chi connectivity index (χ1n) is 3.69. The molecule has 0 heterocycles. The summed E-state index contributed by atoms with van der Waals surface area (Å²) in [6.07, 6.45) is 8.93. The van der Waals surface area contributed by atoms with Gasteiger partial charge in [0.15, 0.2) is 0 Å². The highest BCUT2D eigenvalue weighted by molar-refractivity contribution is 5.70. The zero-order valence-corrected chi connectivity index (χ0v) is 7.04. The van der Waals surface area contributed by atoms with Crippen molar-refractivity contribution < 1.29 is 9.53 Å². The molecule has 2 nitrogen and oxygen atoms in total. The Labute approximate surface area is 67.6 Å². The van der Waals surface area contributed by atoms with Crippen LogP contribution in [0.25, 0.3) is 0 Å². The van der Waals surface area contributed by atoms with Gasteiger partial charge in [-0.3, -0.25) is 4.79 Å². The normalized spacial score (nSPS) is 11.1. The fourth-order valence-corrected chi connectivity index (χ4v) is 0.541. The quantitative estimate of drug-likeness (QED) is 0.457. The molecule has 0 aliphatic rings. The molecule has 0 unspecified atom stereocenters. The van der Waals surface area contributed by atoms with Crippen LogP contribution in [0.5, 0.6) is 0 Å². The Morgan fingerprint density at radius 2 is 2.00 bits per heavy atom. The van der Waals surface area contributed by atoms with Crippen molar-refractivity contribution in [3.05, 3.63) is 24.3 Å². The highest BCUT2D eigenvalue weighted by Crippen LogP contribution is 1.88. The van der Waals surface area contributed by atoms with Crippen molar-refractivity contribution in [1.29, 1.82) is 0 Å². The molecule has 0 saturated heterocycles. The van der Waals surface area contributed by atoms with E-state index in [1.807, 2.05) is 18.2 Å². The van der Waals surface area contributed by atoms with Crippen LogP contribution in [0.1, 0.15) is 19.8 Å². The van der Waals surface area contributed by atoms with Crippen molar-refractivity contribution in [2.45, 2.75) is 19.8 Å². The zero-order chi connectivity index (χ0) is 8.53. The standard InChI is InChI=1S/C9H14O2/c1-3-4-5-6-7-8-9(10)11-2/h4-7H,3,8H2,1-2H3. The zero-order valence-electron chi connectivity index (χ0n) is 7.04. The second-order valence-corrected chi connectivity index (χ2v) is 2.04. The van der Waals surface area contributed by atoms with E-state index < -0.39 is 0 Å². The largest absolute Gasteiger partial charge is 0.469 e.